The fourth-order valence-electron chi connectivity index (χ4n) is 3.04. The fraction of sp³-hybridized carbons (Fsp3) is 0.500. The fourth-order valence-corrected chi connectivity index (χ4v) is 3.04. The highest BCUT2D eigenvalue weighted by Gasteiger charge is 2.32. The Hall–Kier alpha value is -1.95. The number of hydrogen-bond acceptors (Lipinski definition) is 4. The number of aromatic carboxylic acids is 1. The molecule has 0 spiro atoms. The maximum atomic E-state index is 12.4. The van der Waals surface area contributed by atoms with Crippen molar-refractivity contribution in [1.82, 2.24) is 14.8 Å². The van der Waals surface area contributed by atoms with Gasteiger partial charge in [0.25, 0.3) is 5.91 Å². The lowest BCUT2D eigenvalue weighted by Gasteiger charge is -2.37. The molecule has 1 amide bonds. The second kappa shape index (κ2) is 5.20. The van der Waals surface area contributed by atoms with Crippen LogP contribution in [0.1, 0.15) is 33.7 Å². The van der Waals surface area contributed by atoms with Crippen molar-refractivity contribution < 1.29 is 14.7 Å². The van der Waals surface area contributed by atoms with Gasteiger partial charge in [0.1, 0.15) is 5.69 Å². The normalized spacial score (nSPS) is 22.6. The van der Waals surface area contributed by atoms with E-state index in [1.54, 1.807) is 6.07 Å². The van der Waals surface area contributed by atoms with Crippen LogP contribution < -0.4 is 0 Å². The smallest absolute Gasteiger partial charge is 0.354 e. The lowest BCUT2D eigenvalue weighted by atomic mass is 10.1. The molecule has 0 aliphatic carbocycles. The molecule has 106 valence electrons. The van der Waals surface area contributed by atoms with Crippen molar-refractivity contribution in [2.24, 2.45) is 0 Å². The number of pyridine rings is 1. The molecule has 2 aliphatic rings. The molecular formula is C14H17N3O3. The van der Waals surface area contributed by atoms with Gasteiger partial charge in [-0.25, -0.2) is 9.78 Å². The van der Waals surface area contributed by atoms with Crippen LogP contribution in [0.5, 0.6) is 0 Å². The minimum absolute atomic E-state index is 0.0876. The van der Waals surface area contributed by atoms with Crippen molar-refractivity contribution in [2.75, 3.05) is 26.2 Å². The number of rotatable bonds is 2. The van der Waals surface area contributed by atoms with Gasteiger partial charge in [-0.3, -0.25) is 9.69 Å². The average Bonchev–Trinajstić information content (AvgIpc) is 2.94. The maximum absolute atomic E-state index is 12.4. The summed E-state index contributed by atoms with van der Waals surface area (Å²) in [4.78, 5) is 31.4. The van der Waals surface area contributed by atoms with Gasteiger partial charge in [0.2, 0.25) is 0 Å². The molecular weight excluding hydrogens is 258 g/mol. The summed E-state index contributed by atoms with van der Waals surface area (Å²) in [6, 6.07) is 3.40. The Morgan fingerprint density at radius 3 is 2.95 bits per heavy atom. The molecule has 20 heavy (non-hydrogen) atoms. The first-order chi connectivity index (χ1) is 9.65. The lowest BCUT2D eigenvalue weighted by molar-refractivity contribution is 0.0571. The van der Waals surface area contributed by atoms with E-state index in [1.165, 1.54) is 18.7 Å². The van der Waals surface area contributed by atoms with Crippen LogP contribution in [0.4, 0.5) is 0 Å². The van der Waals surface area contributed by atoms with Crippen molar-refractivity contribution in [1.29, 1.82) is 0 Å². The zero-order chi connectivity index (χ0) is 14.1. The van der Waals surface area contributed by atoms with Gasteiger partial charge in [0.15, 0.2) is 0 Å². The Kier molecular flexibility index (Phi) is 3.40. The zero-order valence-electron chi connectivity index (χ0n) is 11.2. The molecule has 6 heteroatoms. The number of piperazine rings is 1. The van der Waals surface area contributed by atoms with Crippen LogP contribution in [-0.4, -0.2) is 64.0 Å². The molecule has 1 unspecified atom stereocenters. The van der Waals surface area contributed by atoms with Crippen LogP contribution >= 0.6 is 0 Å². The Morgan fingerprint density at radius 2 is 2.15 bits per heavy atom. The van der Waals surface area contributed by atoms with Gasteiger partial charge in [0.05, 0.1) is 0 Å². The van der Waals surface area contributed by atoms with Crippen LogP contribution in [0.25, 0.3) is 0 Å². The van der Waals surface area contributed by atoms with Crippen molar-refractivity contribution in [2.45, 2.75) is 18.9 Å². The molecule has 1 N–H and O–H groups in total. The minimum atomic E-state index is -1.11. The molecule has 6 nitrogen and oxygen atoms in total. The van der Waals surface area contributed by atoms with Gasteiger partial charge in [0, 0.05) is 37.4 Å². The van der Waals surface area contributed by atoms with E-state index in [0.717, 1.165) is 26.1 Å². The molecule has 1 aromatic rings. The number of nitrogens with zero attached hydrogens (tertiary/aromatic N) is 3. The SMILES string of the molecule is O=C(O)c1cc(C(=O)N2CCN3CCCC3C2)ccn1. The molecule has 3 heterocycles. The number of carbonyl (C=O) groups is 2. The summed E-state index contributed by atoms with van der Waals surface area (Å²) < 4.78 is 0. The van der Waals surface area contributed by atoms with E-state index in [0.29, 0.717) is 18.2 Å². The van der Waals surface area contributed by atoms with E-state index in [4.69, 9.17) is 5.11 Å². The highest BCUT2D eigenvalue weighted by molar-refractivity contribution is 5.96. The van der Waals surface area contributed by atoms with Crippen LogP contribution in [0, 0.1) is 0 Å². The Morgan fingerprint density at radius 1 is 1.30 bits per heavy atom. The zero-order valence-corrected chi connectivity index (χ0v) is 11.2. The highest BCUT2D eigenvalue weighted by atomic mass is 16.4. The molecule has 1 aromatic heterocycles. The first-order valence-electron chi connectivity index (χ1n) is 6.88. The molecule has 2 fully saturated rings. The maximum Gasteiger partial charge on any atom is 0.354 e. The quantitative estimate of drug-likeness (QED) is 0.860. The minimum Gasteiger partial charge on any atom is -0.477 e. The Balaban J connectivity index is 1.75. The molecule has 1 atom stereocenters. The molecule has 0 radical (unpaired) electrons. The van der Waals surface area contributed by atoms with Crippen molar-refractivity contribution in [3.63, 3.8) is 0 Å². The molecule has 3 rings (SSSR count). The van der Waals surface area contributed by atoms with Gasteiger partial charge in [-0.1, -0.05) is 0 Å². The first kappa shape index (κ1) is 13.1. The molecule has 2 saturated heterocycles. The number of carboxylic acid groups (broad SMARTS) is 1. The highest BCUT2D eigenvalue weighted by Crippen LogP contribution is 2.22. The van der Waals surface area contributed by atoms with Gasteiger partial charge < -0.3 is 10.0 Å². The van der Waals surface area contributed by atoms with Crippen LogP contribution in [0.15, 0.2) is 18.3 Å². The second-order valence-electron chi connectivity index (χ2n) is 5.32. The van der Waals surface area contributed by atoms with Crippen LogP contribution in [0.3, 0.4) is 0 Å². The largest absolute Gasteiger partial charge is 0.477 e. The van der Waals surface area contributed by atoms with Gasteiger partial charge in [-0.2, -0.15) is 0 Å². The van der Waals surface area contributed by atoms with Crippen LogP contribution in [-0.2, 0) is 0 Å². The third kappa shape index (κ3) is 2.38. The molecule has 0 saturated carbocycles. The Bertz CT molecular complexity index is 546. The van der Waals surface area contributed by atoms with E-state index < -0.39 is 5.97 Å². The monoisotopic (exact) mass is 275 g/mol. The van der Waals surface area contributed by atoms with E-state index in [2.05, 4.69) is 9.88 Å². The average molecular weight is 275 g/mol. The van der Waals surface area contributed by atoms with Crippen LogP contribution in [0.2, 0.25) is 0 Å². The number of aromatic nitrogens is 1. The third-order valence-corrected chi connectivity index (χ3v) is 4.10. The number of carboxylic acids is 1. The van der Waals surface area contributed by atoms with E-state index >= 15 is 0 Å². The standard InChI is InChI=1S/C14H17N3O3/c18-13(10-3-4-15-12(8-10)14(19)20)17-7-6-16-5-1-2-11(16)9-17/h3-4,8,11H,1-2,5-7,9H2,(H,19,20). The van der Waals surface area contributed by atoms with Gasteiger partial charge in [-0.15, -0.1) is 0 Å². The van der Waals surface area contributed by atoms with E-state index in [-0.39, 0.29) is 11.6 Å². The topological polar surface area (TPSA) is 73.7 Å². The number of hydrogen-bond donors (Lipinski definition) is 1. The van der Waals surface area contributed by atoms with Crippen molar-refractivity contribution in [3.05, 3.63) is 29.6 Å². The summed E-state index contributed by atoms with van der Waals surface area (Å²) >= 11 is 0. The van der Waals surface area contributed by atoms with Crippen molar-refractivity contribution >= 4 is 11.9 Å². The first-order valence-corrected chi connectivity index (χ1v) is 6.88. The van der Waals surface area contributed by atoms with Crippen molar-refractivity contribution in [3.8, 4) is 0 Å². The summed E-state index contributed by atoms with van der Waals surface area (Å²) in [6.07, 6.45) is 3.72. The summed E-state index contributed by atoms with van der Waals surface area (Å²) in [5.74, 6) is -1.21. The summed E-state index contributed by atoms with van der Waals surface area (Å²) in [5, 5.41) is 8.93. The summed E-state index contributed by atoms with van der Waals surface area (Å²) in [5.41, 5.74) is 0.319. The van der Waals surface area contributed by atoms with E-state index in [9.17, 15) is 9.59 Å². The Labute approximate surface area is 117 Å². The molecule has 2 aliphatic heterocycles. The second-order valence-corrected chi connectivity index (χ2v) is 5.32. The number of fused-ring (bicyclic) bond motifs is 1. The molecule has 0 aromatic carbocycles. The summed E-state index contributed by atoms with van der Waals surface area (Å²) in [6.45, 7) is 3.49. The number of carbonyl (C=O) groups excluding carboxylic acids is 1. The third-order valence-electron chi connectivity index (χ3n) is 4.10. The predicted molar refractivity (Wildman–Crippen MR) is 71.7 cm³/mol. The predicted octanol–water partition coefficient (Wildman–Crippen LogP) is 0.700. The summed E-state index contributed by atoms with van der Waals surface area (Å²) in [7, 11) is 0. The lowest BCUT2D eigenvalue weighted by Crippen LogP contribution is -2.52. The molecule has 0 bridgehead atoms. The number of amides is 1. The van der Waals surface area contributed by atoms with Gasteiger partial charge in [-0.05, 0) is 31.5 Å². The van der Waals surface area contributed by atoms with E-state index in [1.807, 2.05) is 4.90 Å². The van der Waals surface area contributed by atoms with Gasteiger partial charge >= 0.3 is 5.97 Å².